The van der Waals surface area contributed by atoms with Crippen molar-refractivity contribution in [2.75, 3.05) is 0 Å². The maximum atomic E-state index is 5.27. The maximum absolute atomic E-state index is 5.27. The normalized spacial score (nSPS) is 10.4. The first kappa shape index (κ1) is 13.2. The summed E-state index contributed by atoms with van der Waals surface area (Å²) in [6.07, 6.45) is 0. The van der Waals surface area contributed by atoms with E-state index >= 15 is 0 Å². The van der Waals surface area contributed by atoms with Gasteiger partial charge >= 0.3 is 0 Å². The number of halogens is 1. The molecule has 98 valence electrons. The van der Waals surface area contributed by atoms with Gasteiger partial charge in [-0.25, -0.2) is 4.98 Å². The number of rotatable bonds is 2. The third-order valence-corrected chi connectivity index (χ3v) is 3.68. The Morgan fingerprint density at radius 3 is 2.30 bits per heavy atom. The molecule has 0 aliphatic carbocycles. The van der Waals surface area contributed by atoms with E-state index in [4.69, 9.17) is 12.2 Å². The monoisotopic (exact) mass is 342 g/mol. The van der Waals surface area contributed by atoms with Gasteiger partial charge in [0.25, 0.3) is 0 Å². The second-order valence-corrected chi connectivity index (χ2v) is 5.69. The molecule has 0 saturated heterocycles. The molecule has 2 aromatic carbocycles. The molecule has 0 fully saturated rings. The van der Waals surface area contributed by atoms with Gasteiger partial charge in [0.05, 0.1) is 0 Å². The Morgan fingerprint density at radius 2 is 1.60 bits per heavy atom. The van der Waals surface area contributed by atoms with Crippen molar-refractivity contribution in [3.63, 3.8) is 0 Å². The molecule has 0 aliphatic heterocycles. The van der Waals surface area contributed by atoms with Crippen LogP contribution >= 0.6 is 28.1 Å². The first-order valence-corrected chi connectivity index (χ1v) is 7.35. The largest absolute Gasteiger partial charge is 0.339 e. The topological polar surface area (TPSA) is 28.7 Å². The minimum Gasteiger partial charge on any atom is -0.339 e. The molecule has 0 bridgehead atoms. The number of H-pyrrole nitrogens is 1. The number of nitrogens with zero attached hydrogens (tertiary/aromatic N) is 1. The summed E-state index contributed by atoms with van der Waals surface area (Å²) in [6.45, 7) is 0. The number of aromatic amines is 1. The zero-order valence-electron chi connectivity index (χ0n) is 10.5. The third kappa shape index (κ3) is 2.86. The fraction of sp³-hybridized carbons (Fsp3) is 0. The quantitative estimate of drug-likeness (QED) is 0.645. The van der Waals surface area contributed by atoms with Gasteiger partial charge in [-0.2, -0.15) is 0 Å². The van der Waals surface area contributed by atoms with Crippen molar-refractivity contribution in [2.24, 2.45) is 0 Å². The lowest BCUT2D eigenvalue weighted by Crippen LogP contribution is -1.92. The molecule has 0 atom stereocenters. The van der Waals surface area contributed by atoms with E-state index in [1.54, 1.807) is 0 Å². The van der Waals surface area contributed by atoms with E-state index in [0.717, 1.165) is 27.1 Å². The minimum atomic E-state index is 0.584. The number of hydrogen-bond donors (Lipinski definition) is 1. The molecule has 1 N–H and O–H groups in total. The highest BCUT2D eigenvalue weighted by Gasteiger charge is 2.04. The highest BCUT2D eigenvalue weighted by Crippen LogP contribution is 2.22. The average Bonchev–Trinajstić information content (AvgIpc) is 2.48. The average molecular weight is 343 g/mol. The minimum absolute atomic E-state index is 0.584. The van der Waals surface area contributed by atoms with Crippen LogP contribution in [0.1, 0.15) is 0 Å². The van der Waals surface area contributed by atoms with Gasteiger partial charge in [-0.3, -0.25) is 0 Å². The lowest BCUT2D eigenvalue weighted by atomic mass is 10.1. The van der Waals surface area contributed by atoms with Crippen LogP contribution in [0.4, 0.5) is 0 Å². The second-order valence-electron chi connectivity index (χ2n) is 4.35. The van der Waals surface area contributed by atoms with Crippen LogP contribution in [0.15, 0.2) is 65.1 Å². The van der Waals surface area contributed by atoms with Crippen molar-refractivity contribution in [1.82, 2.24) is 9.97 Å². The fourth-order valence-electron chi connectivity index (χ4n) is 1.98. The predicted octanol–water partition coefficient (Wildman–Crippen LogP) is 5.24. The molecule has 0 aliphatic rings. The molecular weight excluding hydrogens is 332 g/mol. The zero-order chi connectivity index (χ0) is 13.9. The molecule has 0 unspecified atom stereocenters. The van der Waals surface area contributed by atoms with Crippen molar-refractivity contribution < 1.29 is 0 Å². The number of benzene rings is 2. The van der Waals surface area contributed by atoms with Crippen LogP contribution < -0.4 is 0 Å². The summed E-state index contributed by atoms with van der Waals surface area (Å²) < 4.78 is 1.62. The van der Waals surface area contributed by atoms with E-state index in [1.807, 2.05) is 60.7 Å². The molecule has 3 rings (SSSR count). The molecule has 0 saturated carbocycles. The van der Waals surface area contributed by atoms with E-state index in [2.05, 4.69) is 25.9 Å². The third-order valence-electron chi connectivity index (χ3n) is 2.95. The summed E-state index contributed by atoms with van der Waals surface area (Å²) in [7, 11) is 0. The standard InChI is InChI=1S/C16H11BrN2S/c17-13-8-6-12(7-9-13)16-18-14(10-15(20)19-16)11-4-2-1-3-5-11/h1-10H,(H,18,19,20). The van der Waals surface area contributed by atoms with Crippen molar-refractivity contribution >= 4 is 28.1 Å². The predicted molar refractivity (Wildman–Crippen MR) is 88.0 cm³/mol. The molecule has 20 heavy (non-hydrogen) atoms. The lowest BCUT2D eigenvalue weighted by Gasteiger charge is -2.06. The van der Waals surface area contributed by atoms with Crippen LogP contribution in [0.3, 0.4) is 0 Å². The van der Waals surface area contributed by atoms with Gasteiger partial charge in [-0.1, -0.05) is 70.6 Å². The highest BCUT2D eigenvalue weighted by atomic mass is 79.9. The SMILES string of the molecule is S=c1cc(-c2ccccc2)[nH]c(-c2ccc(Br)cc2)n1. The van der Waals surface area contributed by atoms with E-state index in [9.17, 15) is 0 Å². The van der Waals surface area contributed by atoms with E-state index < -0.39 is 0 Å². The first-order valence-electron chi connectivity index (χ1n) is 6.15. The Hall–Kier alpha value is -1.78. The highest BCUT2D eigenvalue weighted by molar-refractivity contribution is 9.10. The van der Waals surface area contributed by atoms with Gasteiger partial charge in [0.15, 0.2) is 0 Å². The molecular formula is C16H11BrN2S. The van der Waals surface area contributed by atoms with Gasteiger partial charge < -0.3 is 4.98 Å². The summed E-state index contributed by atoms with van der Waals surface area (Å²) in [5, 5.41) is 0. The Labute approximate surface area is 130 Å². The van der Waals surface area contributed by atoms with Crippen molar-refractivity contribution in [3.05, 3.63) is 69.8 Å². The molecule has 3 aromatic rings. The molecule has 0 spiro atoms. The molecule has 1 heterocycles. The summed E-state index contributed by atoms with van der Waals surface area (Å²) in [5.41, 5.74) is 3.08. The molecule has 0 amide bonds. The van der Waals surface area contributed by atoms with Crippen molar-refractivity contribution in [2.45, 2.75) is 0 Å². The van der Waals surface area contributed by atoms with Crippen LogP contribution in [0.2, 0.25) is 0 Å². The summed E-state index contributed by atoms with van der Waals surface area (Å²) >= 11 is 8.70. The Kier molecular flexibility index (Phi) is 3.76. The number of hydrogen-bond acceptors (Lipinski definition) is 2. The van der Waals surface area contributed by atoms with Gasteiger partial charge in [-0.05, 0) is 23.8 Å². The van der Waals surface area contributed by atoms with E-state index in [-0.39, 0.29) is 0 Å². The van der Waals surface area contributed by atoms with Crippen LogP contribution in [0, 0.1) is 4.64 Å². The Morgan fingerprint density at radius 1 is 0.900 bits per heavy atom. The molecule has 1 aromatic heterocycles. The number of aromatic nitrogens is 2. The van der Waals surface area contributed by atoms with Crippen LogP contribution in [0.25, 0.3) is 22.6 Å². The first-order chi connectivity index (χ1) is 9.72. The summed E-state index contributed by atoms with van der Waals surface area (Å²) in [4.78, 5) is 7.75. The summed E-state index contributed by atoms with van der Waals surface area (Å²) in [6, 6.07) is 20.0. The molecule has 0 radical (unpaired) electrons. The fourth-order valence-corrected chi connectivity index (χ4v) is 2.45. The van der Waals surface area contributed by atoms with Crippen molar-refractivity contribution in [1.29, 1.82) is 0 Å². The van der Waals surface area contributed by atoms with Crippen molar-refractivity contribution in [3.8, 4) is 22.6 Å². The number of nitrogens with one attached hydrogen (secondary N) is 1. The van der Waals surface area contributed by atoms with Crippen LogP contribution in [-0.2, 0) is 0 Å². The van der Waals surface area contributed by atoms with Crippen LogP contribution in [0.5, 0.6) is 0 Å². The maximum Gasteiger partial charge on any atom is 0.139 e. The van der Waals surface area contributed by atoms with E-state index in [1.165, 1.54) is 0 Å². The molecule has 4 heteroatoms. The Balaban J connectivity index is 2.12. The molecule has 2 nitrogen and oxygen atoms in total. The lowest BCUT2D eigenvalue weighted by molar-refractivity contribution is 1.16. The van der Waals surface area contributed by atoms with E-state index in [0.29, 0.717) is 4.64 Å². The van der Waals surface area contributed by atoms with Gasteiger partial charge in [0.2, 0.25) is 0 Å². The Bertz CT molecular complexity index is 780. The van der Waals surface area contributed by atoms with Gasteiger partial charge in [0.1, 0.15) is 10.5 Å². The second kappa shape index (κ2) is 5.69. The smallest absolute Gasteiger partial charge is 0.139 e. The van der Waals surface area contributed by atoms with Gasteiger partial charge in [0, 0.05) is 15.7 Å². The zero-order valence-corrected chi connectivity index (χ0v) is 12.9. The van der Waals surface area contributed by atoms with Crippen LogP contribution in [-0.4, -0.2) is 9.97 Å². The summed E-state index contributed by atoms with van der Waals surface area (Å²) in [5.74, 6) is 0.781. The van der Waals surface area contributed by atoms with Gasteiger partial charge in [-0.15, -0.1) is 0 Å².